The van der Waals surface area contributed by atoms with Gasteiger partial charge < -0.3 is 4.74 Å². The number of halogens is 1. The molecule has 0 bridgehead atoms. The molecule has 0 saturated heterocycles. The van der Waals surface area contributed by atoms with Gasteiger partial charge in [-0.2, -0.15) is 5.10 Å². The van der Waals surface area contributed by atoms with Gasteiger partial charge in [-0.05, 0) is 35.7 Å². The third kappa shape index (κ3) is 2.52. The summed E-state index contributed by atoms with van der Waals surface area (Å²) in [6.07, 6.45) is 3.50. The Hall–Kier alpha value is -1.56. The SMILES string of the molecule is Cn1ccc(C(Cc2cc(Cl)cc3c2OCC3)NN)n1. The van der Waals surface area contributed by atoms with Crippen LogP contribution in [0.5, 0.6) is 5.75 Å². The van der Waals surface area contributed by atoms with Crippen molar-refractivity contribution in [3.63, 3.8) is 0 Å². The number of nitrogens with two attached hydrogens (primary N) is 1. The number of nitrogens with zero attached hydrogens (tertiary/aromatic N) is 2. The second-order valence-electron chi connectivity index (χ2n) is 4.99. The van der Waals surface area contributed by atoms with Crippen LogP contribution in [0.3, 0.4) is 0 Å². The number of ether oxygens (including phenoxy) is 1. The monoisotopic (exact) mass is 292 g/mol. The first-order chi connectivity index (χ1) is 9.67. The van der Waals surface area contributed by atoms with E-state index >= 15 is 0 Å². The van der Waals surface area contributed by atoms with Crippen LogP contribution < -0.4 is 16.0 Å². The maximum Gasteiger partial charge on any atom is 0.125 e. The minimum Gasteiger partial charge on any atom is -0.493 e. The molecule has 3 N–H and O–H groups in total. The molecular formula is C14H17ClN4O. The van der Waals surface area contributed by atoms with Crippen molar-refractivity contribution >= 4 is 11.6 Å². The molecule has 1 aliphatic rings. The maximum atomic E-state index is 6.18. The molecule has 0 spiro atoms. The summed E-state index contributed by atoms with van der Waals surface area (Å²) in [4.78, 5) is 0. The zero-order valence-electron chi connectivity index (χ0n) is 11.3. The number of aromatic nitrogens is 2. The van der Waals surface area contributed by atoms with E-state index in [1.807, 2.05) is 31.4 Å². The van der Waals surface area contributed by atoms with Crippen molar-refractivity contribution < 1.29 is 4.74 Å². The molecule has 0 radical (unpaired) electrons. The molecule has 5 nitrogen and oxygen atoms in total. The molecule has 1 aliphatic heterocycles. The van der Waals surface area contributed by atoms with Crippen LogP contribution in [0.2, 0.25) is 5.02 Å². The number of hydrogen-bond donors (Lipinski definition) is 2. The Morgan fingerprint density at radius 1 is 1.55 bits per heavy atom. The molecule has 1 aromatic carbocycles. The van der Waals surface area contributed by atoms with Crippen molar-refractivity contribution in [2.45, 2.75) is 18.9 Å². The average molecular weight is 293 g/mol. The first-order valence-corrected chi connectivity index (χ1v) is 6.95. The lowest BCUT2D eigenvalue weighted by molar-refractivity contribution is 0.351. The second-order valence-corrected chi connectivity index (χ2v) is 5.43. The number of hydrogen-bond acceptors (Lipinski definition) is 4. The Morgan fingerprint density at radius 2 is 2.40 bits per heavy atom. The lowest BCUT2D eigenvalue weighted by Gasteiger charge is -2.16. The van der Waals surface area contributed by atoms with Gasteiger partial charge in [-0.15, -0.1) is 0 Å². The number of fused-ring (bicyclic) bond motifs is 1. The maximum absolute atomic E-state index is 6.18. The van der Waals surface area contributed by atoms with Crippen LogP contribution in [-0.4, -0.2) is 16.4 Å². The summed E-state index contributed by atoms with van der Waals surface area (Å²) >= 11 is 6.18. The van der Waals surface area contributed by atoms with E-state index in [1.54, 1.807) is 4.68 Å². The molecule has 1 unspecified atom stereocenters. The van der Waals surface area contributed by atoms with E-state index in [4.69, 9.17) is 22.2 Å². The molecule has 2 aromatic rings. The van der Waals surface area contributed by atoms with Gasteiger partial charge in [0.05, 0.1) is 18.3 Å². The Bertz CT molecular complexity index is 626. The van der Waals surface area contributed by atoms with Crippen LogP contribution in [0.1, 0.15) is 22.9 Å². The predicted octanol–water partition coefficient (Wildman–Crippen LogP) is 1.76. The average Bonchev–Trinajstić information content (AvgIpc) is 3.04. The number of nitrogens with one attached hydrogen (secondary N) is 1. The van der Waals surface area contributed by atoms with Gasteiger partial charge >= 0.3 is 0 Å². The Balaban J connectivity index is 1.90. The van der Waals surface area contributed by atoms with E-state index in [1.165, 1.54) is 5.56 Å². The number of rotatable bonds is 4. The van der Waals surface area contributed by atoms with Crippen LogP contribution in [0.25, 0.3) is 0 Å². The summed E-state index contributed by atoms with van der Waals surface area (Å²) in [6.45, 7) is 0.715. The fraction of sp³-hybridized carbons (Fsp3) is 0.357. The minimum absolute atomic E-state index is 0.0667. The summed E-state index contributed by atoms with van der Waals surface area (Å²) < 4.78 is 7.48. The second kappa shape index (κ2) is 5.44. The molecule has 106 valence electrons. The standard InChI is InChI=1S/C14H17ClN4O/c1-19-4-2-12(18-19)13(17-16)8-10-7-11(15)6-9-3-5-20-14(9)10/h2,4,6-7,13,17H,3,5,8,16H2,1H3. The number of benzene rings is 1. The van der Waals surface area contributed by atoms with E-state index in [0.29, 0.717) is 13.0 Å². The predicted molar refractivity (Wildman–Crippen MR) is 77.6 cm³/mol. The highest BCUT2D eigenvalue weighted by molar-refractivity contribution is 6.30. The molecule has 0 amide bonds. The Labute approximate surface area is 122 Å². The van der Waals surface area contributed by atoms with Crippen molar-refractivity contribution in [3.05, 3.63) is 46.2 Å². The van der Waals surface area contributed by atoms with Crippen LogP contribution in [-0.2, 0) is 19.9 Å². The molecule has 3 rings (SSSR count). The zero-order chi connectivity index (χ0) is 14.1. The molecule has 1 atom stereocenters. The van der Waals surface area contributed by atoms with Crippen LogP contribution in [0, 0.1) is 0 Å². The summed E-state index contributed by atoms with van der Waals surface area (Å²) in [5.41, 5.74) is 5.96. The van der Waals surface area contributed by atoms with E-state index in [9.17, 15) is 0 Å². The van der Waals surface area contributed by atoms with Crippen LogP contribution >= 0.6 is 11.6 Å². The molecule has 6 heteroatoms. The van der Waals surface area contributed by atoms with Gasteiger partial charge in [0.2, 0.25) is 0 Å². The van der Waals surface area contributed by atoms with E-state index in [0.717, 1.165) is 28.5 Å². The van der Waals surface area contributed by atoms with Gasteiger partial charge in [0.25, 0.3) is 0 Å². The summed E-state index contributed by atoms with van der Waals surface area (Å²) in [7, 11) is 1.89. The molecule has 0 saturated carbocycles. The third-order valence-electron chi connectivity index (χ3n) is 3.54. The quantitative estimate of drug-likeness (QED) is 0.666. The molecular weight excluding hydrogens is 276 g/mol. The molecule has 2 heterocycles. The van der Waals surface area contributed by atoms with Crippen molar-refractivity contribution in [3.8, 4) is 5.75 Å². The highest BCUT2D eigenvalue weighted by Crippen LogP contribution is 2.34. The van der Waals surface area contributed by atoms with Gasteiger partial charge in [0.1, 0.15) is 5.75 Å². The zero-order valence-corrected chi connectivity index (χ0v) is 12.0. The first-order valence-electron chi connectivity index (χ1n) is 6.57. The fourth-order valence-corrected chi connectivity index (χ4v) is 2.85. The van der Waals surface area contributed by atoms with Crippen molar-refractivity contribution in [2.24, 2.45) is 12.9 Å². The highest BCUT2D eigenvalue weighted by atomic mass is 35.5. The lowest BCUT2D eigenvalue weighted by Crippen LogP contribution is -2.30. The minimum atomic E-state index is -0.0667. The summed E-state index contributed by atoms with van der Waals surface area (Å²) in [5, 5.41) is 5.13. The Kier molecular flexibility index (Phi) is 3.65. The molecule has 20 heavy (non-hydrogen) atoms. The highest BCUT2D eigenvalue weighted by Gasteiger charge is 2.21. The normalized spacial score (nSPS) is 14.9. The van der Waals surface area contributed by atoms with Crippen molar-refractivity contribution in [2.75, 3.05) is 6.61 Å². The van der Waals surface area contributed by atoms with E-state index in [2.05, 4.69) is 10.5 Å². The van der Waals surface area contributed by atoms with E-state index in [-0.39, 0.29) is 6.04 Å². The van der Waals surface area contributed by atoms with Gasteiger partial charge in [-0.3, -0.25) is 16.0 Å². The topological polar surface area (TPSA) is 65.1 Å². The van der Waals surface area contributed by atoms with Gasteiger partial charge in [-0.1, -0.05) is 11.6 Å². The first kappa shape index (κ1) is 13.4. The number of aryl methyl sites for hydroxylation is 1. The summed E-state index contributed by atoms with van der Waals surface area (Å²) in [5.74, 6) is 6.62. The summed E-state index contributed by atoms with van der Waals surface area (Å²) in [6, 6.07) is 5.80. The largest absolute Gasteiger partial charge is 0.493 e. The van der Waals surface area contributed by atoms with Crippen molar-refractivity contribution in [1.82, 2.24) is 15.2 Å². The molecule has 0 aliphatic carbocycles. The van der Waals surface area contributed by atoms with Crippen molar-refractivity contribution in [1.29, 1.82) is 0 Å². The molecule has 0 fully saturated rings. The molecule has 1 aromatic heterocycles. The van der Waals surface area contributed by atoms with Gasteiger partial charge in [-0.25, -0.2) is 0 Å². The third-order valence-corrected chi connectivity index (χ3v) is 3.76. The fourth-order valence-electron chi connectivity index (χ4n) is 2.59. The van der Waals surface area contributed by atoms with Crippen LogP contribution in [0.4, 0.5) is 0 Å². The lowest BCUT2D eigenvalue weighted by atomic mass is 10.00. The van der Waals surface area contributed by atoms with Gasteiger partial charge in [0.15, 0.2) is 0 Å². The number of hydrazine groups is 1. The van der Waals surface area contributed by atoms with Crippen LogP contribution in [0.15, 0.2) is 24.4 Å². The smallest absolute Gasteiger partial charge is 0.125 e. The van der Waals surface area contributed by atoms with Gasteiger partial charge in [0, 0.05) is 24.7 Å². The van der Waals surface area contributed by atoms with E-state index < -0.39 is 0 Å². The Morgan fingerprint density at radius 3 is 3.10 bits per heavy atom.